The van der Waals surface area contributed by atoms with E-state index in [2.05, 4.69) is 9.71 Å². The van der Waals surface area contributed by atoms with Crippen LogP contribution in [-0.2, 0) is 10.0 Å². The standard InChI is InChI=1S/C10H13ClN2O3S/c11-9-4-8(6-12-10(9)14)17(15,16)13-5-7-2-1-3-7/h4,6-7,13H,1-3,5H2,(H,12,14). The van der Waals surface area contributed by atoms with Gasteiger partial charge in [-0.15, -0.1) is 0 Å². The smallest absolute Gasteiger partial charge is 0.266 e. The molecule has 1 aliphatic carbocycles. The molecule has 0 aliphatic heterocycles. The molecule has 1 heterocycles. The minimum Gasteiger partial charge on any atom is -0.326 e. The number of sulfonamides is 1. The van der Waals surface area contributed by atoms with Crippen LogP contribution in [0.25, 0.3) is 0 Å². The van der Waals surface area contributed by atoms with Gasteiger partial charge in [-0.2, -0.15) is 0 Å². The van der Waals surface area contributed by atoms with Gasteiger partial charge in [-0.25, -0.2) is 13.1 Å². The van der Waals surface area contributed by atoms with E-state index in [1.165, 1.54) is 0 Å². The number of H-pyrrole nitrogens is 1. The second kappa shape index (κ2) is 4.80. The van der Waals surface area contributed by atoms with Crippen molar-refractivity contribution in [3.63, 3.8) is 0 Å². The van der Waals surface area contributed by atoms with Gasteiger partial charge in [0.25, 0.3) is 5.56 Å². The zero-order valence-corrected chi connectivity index (χ0v) is 10.6. The highest BCUT2D eigenvalue weighted by atomic mass is 35.5. The average molecular weight is 277 g/mol. The lowest BCUT2D eigenvalue weighted by Gasteiger charge is -2.25. The summed E-state index contributed by atoms with van der Waals surface area (Å²) >= 11 is 5.59. The molecular weight excluding hydrogens is 264 g/mol. The molecule has 0 bridgehead atoms. The van der Waals surface area contributed by atoms with Gasteiger partial charge in [-0.1, -0.05) is 18.0 Å². The van der Waals surface area contributed by atoms with Gasteiger partial charge in [0, 0.05) is 12.7 Å². The lowest BCUT2D eigenvalue weighted by molar-refractivity contribution is 0.316. The summed E-state index contributed by atoms with van der Waals surface area (Å²) in [5.41, 5.74) is -0.496. The van der Waals surface area contributed by atoms with Gasteiger partial charge in [-0.05, 0) is 24.8 Å². The van der Waals surface area contributed by atoms with Crippen molar-refractivity contribution >= 4 is 21.6 Å². The van der Waals surface area contributed by atoms with Gasteiger partial charge in [-0.3, -0.25) is 4.79 Å². The van der Waals surface area contributed by atoms with Crippen molar-refractivity contribution in [2.24, 2.45) is 5.92 Å². The minimum atomic E-state index is -3.58. The third kappa shape index (κ3) is 2.88. The Balaban J connectivity index is 2.12. The Hall–Kier alpha value is -0.850. The van der Waals surface area contributed by atoms with E-state index in [9.17, 15) is 13.2 Å². The highest BCUT2D eigenvalue weighted by Crippen LogP contribution is 2.25. The summed E-state index contributed by atoms with van der Waals surface area (Å²) in [5, 5.41) is -0.128. The molecule has 94 valence electrons. The Morgan fingerprint density at radius 2 is 2.18 bits per heavy atom. The van der Waals surface area contributed by atoms with E-state index in [-0.39, 0.29) is 9.92 Å². The molecule has 7 heteroatoms. The first-order valence-corrected chi connectivity index (χ1v) is 7.23. The van der Waals surface area contributed by atoms with Crippen molar-refractivity contribution in [1.82, 2.24) is 9.71 Å². The Kier molecular flexibility index (Phi) is 3.56. The number of hydrogen-bond donors (Lipinski definition) is 2. The first-order chi connectivity index (χ1) is 7.99. The predicted molar refractivity (Wildman–Crippen MR) is 64.6 cm³/mol. The summed E-state index contributed by atoms with van der Waals surface area (Å²) in [6.45, 7) is 0.444. The Bertz CT molecular complexity index is 563. The second-order valence-corrected chi connectivity index (χ2v) is 6.34. The van der Waals surface area contributed by atoms with Crippen LogP contribution in [0.2, 0.25) is 5.02 Å². The summed E-state index contributed by atoms with van der Waals surface area (Å²) in [6.07, 6.45) is 4.44. The summed E-state index contributed by atoms with van der Waals surface area (Å²) in [5.74, 6) is 0.433. The maximum Gasteiger partial charge on any atom is 0.266 e. The molecule has 17 heavy (non-hydrogen) atoms. The van der Waals surface area contributed by atoms with Gasteiger partial charge in [0.1, 0.15) is 5.02 Å². The molecule has 5 nitrogen and oxygen atoms in total. The molecular formula is C10H13ClN2O3S. The molecule has 1 aromatic heterocycles. The highest BCUT2D eigenvalue weighted by Gasteiger charge is 2.21. The van der Waals surface area contributed by atoms with Gasteiger partial charge in [0.2, 0.25) is 10.0 Å². The fourth-order valence-electron chi connectivity index (χ4n) is 1.60. The first-order valence-electron chi connectivity index (χ1n) is 5.37. The van der Waals surface area contributed by atoms with Crippen LogP contribution in [0, 0.1) is 5.92 Å². The molecule has 0 spiro atoms. The molecule has 2 rings (SSSR count). The van der Waals surface area contributed by atoms with E-state index in [4.69, 9.17) is 11.6 Å². The van der Waals surface area contributed by atoms with Gasteiger partial charge < -0.3 is 4.98 Å². The highest BCUT2D eigenvalue weighted by molar-refractivity contribution is 7.89. The van der Waals surface area contributed by atoms with Crippen molar-refractivity contribution < 1.29 is 8.42 Å². The van der Waals surface area contributed by atoms with Crippen molar-refractivity contribution in [3.8, 4) is 0 Å². The Morgan fingerprint density at radius 1 is 1.47 bits per heavy atom. The topological polar surface area (TPSA) is 79.0 Å². The molecule has 0 aromatic carbocycles. The molecule has 0 atom stereocenters. The summed E-state index contributed by atoms with van der Waals surface area (Å²) < 4.78 is 26.2. The van der Waals surface area contributed by atoms with Crippen LogP contribution >= 0.6 is 11.6 Å². The molecule has 1 aliphatic rings. The second-order valence-electron chi connectivity index (χ2n) is 4.16. The zero-order chi connectivity index (χ0) is 12.5. The van der Waals surface area contributed by atoms with Crippen LogP contribution in [0.1, 0.15) is 19.3 Å². The molecule has 1 saturated carbocycles. The monoisotopic (exact) mass is 276 g/mol. The van der Waals surface area contributed by atoms with E-state index >= 15 is 0 Å². The number of aromatic nitrogens is 1. The molecule has 2 N–H and O–H groups in total. The summed E-state index contributed by atoms with van der Waals surface area (Å²) in [6, 6.07) is 1.16. The number of aromatic amines is 1. The van der Waals surface area contributed by atoms with Crippen LogP contribution in [0.5, 0.6) is 0 Å². The number of hydrogen-bond acceptors (Lipinski definition) is 3. The van der Waals surface area contributed by atoms with Crippen molar-refractivity contribution in [3.05, 3.63) is 27.6 Å². The van der Waals surface area contributed by atoms with Gasteiger partial charge in [0.05, 0.1) is 4.90 Å². The van der Waals surface area contributed by atoms with E-state index < -0.39 is 15.6 Å². The lowest BCUT2D eigenvalue weighted by atomic mass is 9.86. The Morgan fingerprint density at radius 3 is 2.71 bits per heavy atom. The van der Waals surface area contributed by atoms with E-state index in [1.807, 2.05) is 0 Å². The lowest BCUT2D eigenvalue weighted by Crippen LogP contribution is -2.32. The normalized spacial score (nSPS) is 16.8. The fourth-order valence-corrected chi connectivity index (χ4v) is 2.95. The average Bonchev–Trinajstić information content (AvgIpc) is 2.19. The quantitative estimate of drug-likeness (QED) is 0.864. The van der Waals surface area contributed by atoms with Crippen LogP contribution in [0.4, 0.5) is 0 Å². The number of nitrogens with one attached hydrogen (secondary N) is 2. The zero-order valence-electron chi connectivity index (χ0n) is 9.07. The predicted octanol–water partition coefficient (Wildman–Crippen LogP) is 1.11. The van der Waals surface area contributed by atoms with E-state index in [0.29, 0.717) is 12.5 Å². The maximum atomic E-state index is 11.8. The SMILES string of the molecule is O=c1[nH]cc(S(=O)(=O)NCC2CCC2)cc1Cl. The third-order valence-corrected chi connectivity index (χ3v) is 4.61. The van der Waals surface area contributed by atoms with E-state index in [1.54, 1.807) is 0 Å². The van der Waals surface area contributed by atoms with Crippen LogP contribution in [-0.4, -0.2) is 19.9 Å². The van der Waals surface area contributed by atoms with Crippen molar-refractivity contribution in [2.75, 3.05) is 6.54 Å². The largest absolute Gasteiger partial charge is 0.326 e. The van der Waals surface area contributed by atoms with Gasteiger partial charge >= 0.3 is 0 Å². The molecule has 1 fully saturated rings. The van der Waals surface area contributed by atoms with Gasteiger partial charge in [0.15, 0.2) is 0 Å². The van der Waals surface area contributed by atoms with Crippen molar-refractivity contribution in [1.29, 1.82) is 0 Å². The Labute approximate surface area is 104 Å². The molecule has 0 unspecified atom stereocenters. The summed E-state index contributed by atoms with van der Waals surface area (Å²) in [4.78, 5) is 13.3. The molecule has 1 aromatic rings. The number of halogens is 1. The van der Waals surface area contributed by atoms with E-state index in [0.717, 1.165) is 31.5 Å². The molecule has 0 amide bonds. The first kappa shape index (κ1) is 12.6. The van der Waals surface area contributed by atoms with Crippen LogP contribution < -0.4 is 10.3 Å². The third-order valence-electron chi connectivity index (χ3n) is 2.93. The molecule has 0 saturated heterocycles. The number of pyridine rings is 1. The van der Waals surface area contributed by atoms with Crippen molar-refractivity contribution in [2.45, 2.75) is 24.2 Å². The molecule has 0 radical (unpaired) electrons. The minimum absolute atomic E-state index is 0.0126. The maximum absolute atomic E-state index is 11.8. The number of rotatable bonds is 4. The summed E-state index contributed by atoms with van der Waals surface area (Å²) in [7, 11) is -3.58. The fraction of sp³-hybridized carbons (Fsp3) is 0.500. The van der Waals surface area contributed by atoms with Crippen LogP contribution in [0.3, 0.4) is 0 Å². The van der Waals surface area contributed by atoms with Crippen LogP contribution in [0.15, 0.2) is 22.0 Å².